The van der Waals surface area contributed by atoms with Crippen molar-refractivity contribution in [3.63, 3.8) is 0 Å². The van der Waals surface area contributed by atoms with Crippen LogP contribution in [0, 0.1) is 0 Å². The molecule has 1 rings (SSSR count). The van der Waals surface area contributed by atoms with Gasteiger partial charge in [0, 0.05) is 6.54 Å². The van der Waals surface area contributed by atoms with E-state index in [2.05, 4.69) is 30.2 Å². The molecule has 0 atom stereocenters. The number of nitrogens with zero attached hydrogens (tertiary/aromatic N) is 3. The van der Waals surface area contributed by atoms with Crippen molar-refractivity contribution in [2.75, 3.05) is 0 Å². The van der Waals surface area contributed by atoms with Crippen molar-refractivity contribution < 1.29 is 0 Å². The van der Waals surface area contributed by atoms with Crippen molar-refractivity contribution in [1.29, 1.82) is 0 Å². The van der Waals surface area contributed by atoms with Crippen molar-refractivity contribution in [3.05, 3.63) is 17.5 Å². The van der Waals surface area contributed by atoms with Gasteiger partial charge in [-0.25, -0.2) is 4.68 Å². The van der Waals surface area contributed by atoms with Gasteiger partial charge in [0.1, 0.15) is 0 Å². The van der Waals surface area contributed by atoms with Gasteiger partial charge in [0.2, 0.25) is 0 Å². The summed E-state index contributed by atoms with van der Waals surface area (Å²) in [6.45, 7) is 7.05. The van der Waals surface area contributed by atoms with Gasteiger partial charge in [-0.3, -0.25) is 0 Å². The summed E-state index contributed by atoms with van der Waals surface area (Å²) in [7, 11) is 0. The van der Waals surface area contributed by atoms with Gasteiger partial charge in [-0.2, -0.15) is 0 Å². The molecule has 0 spiro atoms. The molecule has 1 aromatic rings. The van der Waals surface area contributed by atoms with Crippen molar-refractivity contribution in [2.24, 2.45) is 0 Å². The zero-order chi connectivity index (χ0) is 8.97. The predicted molar refractivity (Wildman–Crippen MR) is 49.8 cm³/mol. The zero-order valence-electron chi connectivity index (χ0n) is 7.91. The summed E-state index contributed by atoms with van der Waals surface area (Å²) in [6.07, 6.45) is 5.02. The first-order valence-electron chi connectivity index (χ1n) is 4.38. The Balaban J connectivity index is 3.07. The quantitative estimate of drug-likeness (QED) is 0.684. The molecule has 0 aliphatic carbocycles. The second kappa shape index (κ2) is 4.04. The van der Waals surface area contributed by atoms with Crippen molar-refractivity contribution >= 4 is 6.08 Å². The van der Waals surface area contributed by atoms with E-state index in [0.29, 0.717) is 0 Å². The second-order valence-corrected chi connectivity index (χ2v) is 2.59. The molecular weight excluding hydrogens is 150 g/mol. The molecule has 0 bridgehead atoms. The van der Waals surface area contributed by atoms with Crippen LogP contribution in [0.15, 0.2) is 6.08 Å². The molecule has 0 unspecified atom stereocenters. The largest absolute Gasteiger partial charge is 0.245 e. The van der Waals surface area contributed by atoms with Gasteiger partial charge in [-0.15, -0.1) is 5.10 Å². The molecular formula is C9H15N3. The van der Waals surface area contributed by atoms with Crippen LogP contribution in [0.2, 0.25) is 0 Å². The Morgan fingerprint density at radius 2 is 2.17 bits per heavy atom. The molecule has 0 saturated carbocycles. The average molecular weight is 165 g/mol. The molecule has 12 heavy (non-hydrogen) atoms. The van der Waals surface area contributed by atoms with Gasteiger partial charge in [-0.1, -0.05) is 18.2 Å². The Bertz CT molecular complexity index is 252. The van der Waals surface area contributed by atoms with Crippen LogP contribution in [0.5, 0.6) is 0 Å². The third-order valence-electron chi connectivity index (χ3n) is 1.81. The van der Waals surface area contributed by atoms with Gasteiger partial charge in [0.15, 0.2) is 0 Å². The van der Waals surface area contributed by atoms with Crippen LogP contribution in [0.3, 0.4) is 0 Å². The van der Waals surface area contributed by atoms with Crippen molar-refractivity contribution in [1.82, 2.24) is 15.0 Å². The molecule has 0 radical (unpaired) electrons. The maximum Gasteiger partial charge on any atom is 0.0897 e. The lowest BCUT2D eigenvalue weighted by atomic mass is 10.2. The van der Waals surface area contributed by atoms with Crippen LogP contribution < -0.4 is 0 Å². The summed E-state index contributed by atoms with van der Waals surface area (Å²) >= 11 is 0. The molecule has 0 N–H and O–H groups in total. The lowest BCUT2D eigenvalue weighted by Crippen LogP contribution is -1.99. The van der Waals surface area contributed by atoms with E-state index in [4.69, 9.17) is 0 Å². The summed E-state index contributed by atoms with van der Waals surface area (Å²) in [5.74, 6) is 0. The lowest BCUT2D eigenvalue weighted by Gasteiger charge is -1.98. The number of hydrogen-bond acceptors (Lipinski definition) is 2. The molecule has 1 aromatic heterocycles. The summed E-state index contributed by atoms with van der Waals surface area (Å²) in [6, 6.07) is 0. The highest BCUT2D eigenvalue weighted by Gasteiger charge is 2.05. The predicted octanol–water partition coefficient (Wildman–Crippen LogP) is 1.89. The third kappa shape index (κ3) is 1.55. The van der Waals surface area contributed by atoms with E-state index in [0.717, 1.165) is 24.4 Å². The van der Waals surface area contributed by atoms with E-state index < -0.39 is 0 Å². The highest BCUT2D eigenvalue weighted by molar-refractivity contribution is 5.46. The van der Waals surface area contributed by atoms with Crippen LogP contribution in [0.1, 0.15) is 32.2 Å². The standard InChI is InChI=1S/C9H15N3/c1-4-7-9-8(5-2)10-11-12(9)6-3/h4,7H,5-6H2,1-3H3/b7-4-. The second-order valence-electron chi connectivity index (χ2n) is 2.59. The van der Waals surface area contributed by atoms with Crippen LogP contribution >= 0.6 is 0 Å². The molecule has 0 saturated heterocycles. The van der Waals surface area contributed by atoms with Gasteiger partial charge in [0.05, 0.1) is 11.4 Å². The van der Waals surface area contributed by atoms with E-state index in [9.17, 15) is 0 Å². The van der Waals surface area contributed by atoms with Crippen LogP contribution in [-0.4, -0.2) is 15.0 Å². The Morgan fingerprint density at radius 1 is 1.42 bits per heavy atom. The normalized spacial score (nSPS) is 11.2. The molecule has 0 aromatic carbocycles. The first-order valence-corrected chi connectivity index (χ1v) is 4.38. The highest BCUT2D eigenvalue weighted by Crippen LogP contribution is 2.07. The van der Waals surface area contributed by atoms with Crippen LogP contribution in [0.25, 0.3) is 6.08 Å². The molecule has 3 nitrogen and oxygen atoms in total. The first-order chi connectivity index (χ1) is 5.83. The minimum absolute atomic E-state index is 0.882. The Labute approximate surface area is 73.1 Å². The van der Waals surface area contributed by atoms with E-state index >= 15 is 0 Å². The molecule has 3 heteroatoms. The number of allylic oxidation sites excluding steroid dienone is 1. The van der Waals surface area contributed by atoms with Gasteiger partial charge >= 0.3 is 0 Å². The minimum atomic E-state index is 0.882. The summed E-state index contributed by atoms with van der Waals surface area (Å²) in [5, 5.41) is 8.13. The molecule has 0 amide bonds. The average Bonchev–Trinajstić information content (AvgIpc) is 2.48. The van der Waals surface area contributed by atoms with E-state index in [-0.39, 0.29) is 0 Å². The van der Waals surface area contributed by atoms with Gasteiger partial charge in [-0.05, 0) is 26.3 Å². The summed E-state index contributed by atoms with van der Waals surface area (Å²) in [4.78, 5) is 0. The fraction of sp³-hybridized carbons (Fsp3) is 0.556. The fourth-order valence-electron chi connectivity index (χ4n) is 1.18. The highest BCUT2D eigenvalue weighted by atomic mass is 15.4. The van der Waals surface area contributed by atoms with Crippen molar-refractivity contribution in [2.45, 2.75) is 33.7 Å². The molecule has 66 valence electrons. The molecule has 1 heterocycles. The fourth-order valence-corrected chi connectivity index (χ4v) is 1.18. The number of aromatic nitrogens is 3. The molecule has 0 aliphatic rings. The first kappa shape index (κ1) is 8.97. The topological polar surface area (TPSA) is 30.7 Å². The summed E-state index contributed by atoms with van der Waals surface area (Å²) in [5.41, 5.74) is 2.22. The zero-order valence-corrected chi connectivity index (χ0v) is 7.91. The number of rotatable bonds is 3. The van der Waals surface area contributed by atoms with Crippen LogP contribution in [-0.2, 0) is 13.0 Å². The monoisotopic (exact) mass is 165 g/mol. The Kier molecular flexibility index (Phi) is 3.02. The van der Waals surface area contributed by atoms with E-state index in [1.54, 1.807) is 0 Å². The van der Waals surface area contributed by atoms with Gasteiger partial charge < -0.3 is 0 Å². The Morgan fingerprint density at radius 3 is 2.67 bits per heavy atom. The maximum atomic E-state index is 4.09. The molecule has 0 aliphatic heterocycles. The SMILES string of the molecule is C/C=C\c1c(CC)nnn1CC. The van der Waals surface area contributed by atoms with E-state index in [1.807, 2.05) is 17.7 Å². The van der Waals surface area contributed by atoms with Gasteiger partial charge in [0.25, 0.3) is 0 Å². The lowest BCUT2D eigenvalue weighted by molar-refractivity contribution is 0.622. The number of aryl methyl sites for hydroxylation is 2. The van der Waals surface area contributed by atoms with E-state index in [1.165, 1.54) is 0 Å². The minimum Gasteiger partial charge on any atom is -0.245 e. The number of hydrogen-bond donors (Lipinski definition) is 0. The van der Waals surface area contributed by atoms with Crippen molar-refractivity contribution in [3.8, 4) is 0 Å². The Hall–Kier alpha value is -1.12. The van der Waals surface area contributed by atoms with Crippen LogP contribution in [0.4, 0.5) is 0 Å². The third-order valence-corrected chi connectivity index (χ3v) is 1.81. The smallest absolute Gasteiger partial charge is 0.0897 e. The maximum absolute atomic E-state index is 4.09. The summed E-state index contributed by atoms with van der Waals surface area (Å²) < 4.78 is 1.92. The molecule has 0 fully saturated rings.